The van der Waals surface area contributed by atoms with Crippen LogP contribution in [0.15, 0.2) is 65.1 Å². The van der Waals surface area contributed by atoms with Gasteiger partial charge in [-0.3, -0.25) is 13.9 Å². The molecule has 0 saturated heterocycles. The molecule has 0 fully saturated rings. The number of benzene rings is 3. The molecule has 4 rings (SSSR count). The molecule has 0 bridgehead atoms. The normalized spacial score (nSPS) is 12.4. The van der Waals surface area contributed by atoms with Crippen molar-refractivity contribution in [3.8, 4) is 22.5 Å². The van der Waals surface area contributed by atoms with Gasteiger partial charge >= 0.3 is 6.18 Å². The maximum atomic E-state index is 13.7. The highest BCUT2D eigenvalue weighted by Gasteiger charge is 2.33. The van der Waals surface area contributed by atoms with Crippen LogP contribution in [0, 0.1) is 5.82 Å². The number of hydrogen-bond acceptors (Lipinski definition) is 5. The fourth-order valence-corrected chi connectivity index (χ4v) is 5.69. The van der Waals surface area contributed by atoms with E-state index in [1.54, 1.807) is 6.92 Å². The van der Waals surface area contributed by atoms with Gasteiger partial charge in [0.15, 0.2) is 5.78 Å². The zero-order chi connectivity index (χ0) is 33.3. The lowest BCUT2D eigenvalue weighted by Crippen LogP contribution is -2.45. The van der Waals surface area contributed by atoms with Crippen molar-refractivity contribution in [1.82, 2.24) is 5.32 Å². The van der Waals surface area contributed by atoms with Crippen molar-refractivity contribution >= 4 is 38.4 Å². The summed E-state index contributed by atoms with van der Waals surface area (Å²) in [4.78, 5) is 26.2. The highest BCUT2D eigenvalue weighted by molar-refractivity contribution is 7.92. The molecule has 1 heterocycles. The van der Waals surface area contributed by atoms with E-state index in [0.717, 1.165) is 6.26 Å². The van der Waals surface area contributed by atoms with E-state index in [9.17, 15) is 40.0 Å². The number of alkyl halides is 4. The lowest BCUT2D eigenvalue weighted by atomic mass is 9.95. The number of Topliss-reactive ketones (excluding diaryl/α,β-unsaturated/α-hetero) is 1. The van der Waals surface area contributed by atoms with Gasteiger partial charge in [-0.05, 0) is 61.9 Å². The van der Waals surface area contributed by atoms with Crippen LogP contribution in [0.1, 0.15) is 54.3 Å². The summed E-state index contributed by atoms with van der Waals surface area (Å²) in [6, 6.07) is 13.6. The van der Waals surface area contributed by atoms with Crippen LogP contribution in [0.25, 0.3) is 33.4 Å². The average molecular weight is 651 g/mol. The Labute approximate surface area is 257 Å². The van der Waals surface area contributed by atoms with Gasteiger partial charge in [0.25, 0.3) is 5.91 Å². The van der Waals surface area contributed by atoms with Gasteiger partial charge in [0, 0.05) is 41.1 Å². The number of amides is 1. The molecule has 1 N–H and O–H groups in total. The SMILES string of the molecule is CCC(=O)c1c(-c2ccc(F)cc2)oc2cc(N(CCC(F)(F)F)S(C)(=O)=O)c(-c3cccc(C(=O)NC(C)(C)CF)c3)cc12. The molecule has 13 heteroatoms. The van der Waals surface area contributed by atoms with E-state index in [0.29, 0.717) is 9.87 Å². The van der Waals surface area contributed by atoms with E-state index in [4.69, 9.17) is 4.42 Å². The Kier molecular flexibility index (Phi) is 9.43. The van der Waals surface area contributed by atoms with Crippen molar-refractivity contribution in [2.45, 2.75) is 45.3 Å². The Balaban J connectivity index is 2.04. The maximum absolute atomic E-state index is 13.7. The van der Waals surface area contributed by atoms with Gasteiger partial charge in [-0.2, -0.15) is 13.2 Å². The predicted octanol–water partition coefficient (Wildman–Crippen LogP) is 7.69. The number of hydrogen-bond donors (Lipinski definition) is 1. The first-order valence-corrected chi connectivity index (χ1v) is 15.7. The number of ketones is 1. The second-order valence-electron chi connectivity index (χ2n) is 11.2. The number of anilines is 1. The van der Waals surface area contributed by atoms with Crippen molar-refractivity contribution in [1.29, 1.82) is 0 Å². The molecule has 240 valence electrons. The zero-order valence-electron chi connectivity index (χ0n) is 24.9. The molecule has 45 heavy (non-hydrogen) atoms. The molecule has 0 spiro atoms. The molecule has 0 saturated carbocycles. The molecule has 1 amide bonds. The smallest absolute Gasteiger partial charge is 0.390 e. The van der Waals surface area contributed by atoms with E-state index in [1.165, 1.54) is 74.5 Å². The summed E-state index contributed by atoms with van der Waals surface area (Å²) in [6.07, 6.45) is -5.34. The molecule has 0 aliphatic carbocycles. The minimum Gasteiger partial charge on any atom is -0.455 e. The van der Waals surface area contributed by atoms with E-state index < -0.39 is 53.1 Å². The third-order valence-corrected chi connectivity index (χ3v) is 8.18. The quantitative estimate of drug-likeness (QED) is 0.133. The third-order valence-electron chi connectivity index (χ3n) is 7.00. The van der Waals surface area contributed by atoms with Crippen molar-refractivity contribution < 1.29 is 44.4 Å². The van der Waals surface area contributed by atoms with Crippen LogP contribution in [0.3, 0.4) is 0 Å². The van der Waals surface area contributed by atoms with Crippen LogP contribution in [-0.4, -0.2) is 51.3 Å². The van der Waals surface area contributed by atoms with Crippen molar-refractivity contribution in [2.24, 2.45) is 0 Å². The second kappa shape index (κ2) is 12.6. The average Bonchev–Trinajstić information content (AvgIpc) is 3.33. The van der Waals surface area contributed by atoms with Gasteiger partial charge in [-0.1, -0.05) is 19.1 Å². The van der Waals surface area contributed by atoms with Gasteiger partial charge in [-0.15, -0.1) is 0 Å². The van der Waals surface area contributed by atoms with Crippen LogP contribution in [0.5, 0.6) is 0 Å². The highest BCUT2D eigenvalue weighted by Crippen LogP contribution is 2.42. The van der Waals surface area contributed by atoms with Gasteiger partial charge in [0.2, 0.25) is 10.0 Å². The number of fused-ring (bicyclic) bond motifs is 1. The Bertz CT molecular complexity index is 1850. The van der Waals surface area contributed by atoms with E-state index >= 15 is 0 Å². The molecule has 0 aliphatic heterocycles. The Morgan fingerprint density at radius 1 is 0.978 bits per heavy atom. The number of furan rings is 1. The molecule has 0 radical (unpaired) electrons. The molecule has 0 unspecified atom stereocenters. The van der Waals surface area contributed by atoms with Crippen LogP contribution in [-0.2, 0) is 10.0 Å². The van der Waals surface area contributed by atoms with Crippen LogP contribution < -0.4 is 9.62 Å². The van der Waals surface area contributed by atoms with Crippen molar-refractivity contribution in [3.63, 3.8) is 0 Å². The lowest BCUT2D eigenvalue weighted by Gasteiger charge is -2.26. The number of nitrogens with one attached hydrogen (secondary N) is 1. The molecule has 0 atom stereocenters. The minimum atomic E-state index is -4.68. The largest absolute Gasteiger partial charge is 0.455 e. The summed E-state index contributed by atoms with van der Waals surface area (Å²) in [5, 5.41) is 2.79. The maximum Gasteiger partial charge on any atom is 0.390 e. The minimum absolute atomic E-state index is 0.00382. The van der Waals surface area contributed by atoms with Crippen molar-refractivity contribution in [2.75, 3.05) is 23.8 Å². The Hall–Kier alpha value is -4.26. The fraction of sp³-hybridized carbons (Fsp3) is 0.312. The molecule has 4 aromatic rings. The lowest BCUT2D eigenvalue weighted by molar-refractivity contribution is -0.131. The summed E-state index contributed by atoms with van der Waals surface area (Å²) in [6.45, 7) is 2.77. The number of carbonyl (C=O) groups is 2. The number of rotatable bonds is 11. The van der Waals surface area contributed by atoms with E-state index in [1.807, 2.05) is 0 Å². The van der Waals surface area contributed by atoms with Gasteiger partial charge < -0.3 is 9.73 Å². The number of carbonyl (C=O) groups excluding carboxylic acids is 2. The number of nitrogens with zero attached hydrogens (tertiary/aromatic N) is 1. The predicted molar refractivity (Wildman–Crippen MR) is 162 cm³/mol. The first-order valence-electron chi connectivity index (χ1n) is 13.9. The van der Waals surface area contributed by atoms with Crippen LogP contribution in [0.2, 0.25) is 0 Å². The number of sulfonamides is 1. The van der Waals surface area contributed by atoms with Crippen LogP contribution in [0.4, 0.5) is 27.6 Å². The molecule has 1 aromatic heterocycles. The first kappa shape index (κ1) is 33.6. The van der Waals surface area contributed by atoms with Crippen molar-refractivity contribution in [3.05, 3.63) is 77.6 Å². The summed E-state index contributed by atoms with van der Waals surface area (Å²) in [5.41, 5.74) is -0.514. The number of halogens is 5. The first-order chi connectivity index (χ1) is 20.9. The third kappa shape index (κ3) is 7.70. The van der Waals surface area contributed by atoms with Gasteiger partial charge in [-0.25, -0.2) is 17.2 Å². The second-order valence-corrected chi connectivity index (χ2v) is 13.1. The van der Waals surface area contributed by atoms with E-state index in [2.05, 4.69) is 5.32 Å². The Morgan fingerprint density at radius 3 is 2.22 bits per heavy atom. The zero-order valence-corrected chi connectivity index (χ0v) is 25.7. The standard InChI is InChI=1S/C32H31F5N2O5S/c1-5-26(40)28-24-16-23(20-7-6-8-21(15-20)30(41)38-31(2,3)18-33)25(39(45(4,42)43)14-13-32(35,36)37)17-27(24)44-29(28)19-9-11-22(34)12-10-19/h6-12,15-17H,5,13-14,18H2,1-4H3,(H,38,41). The summed E-state index contributed by atoms with van der Waals surface area (Å²) < 4.78 is 99.6. The van der Waals surface area contributed by atoms with Crippen LogP contribution >= 0.6 is 0 Å². The fourth-order valence-electron chi connectivity index (χ4n) is 4.76. The summed E-state index contributed by atoms with van der Waals surface area (Å²) in [5.74, 6) is -1.45. The van der Waals surface area contributed by atoms with Gasteiger partial charge in [0.1, 0.15) is 23.8 Å². The molecular weight excluding hydrogens is 619 g/mol. The van der Waals surface area contributed by atoms with Gasteiger partial charge in [0.05, 0.1) is 29.5 Å². The topological polar surface area (TPSA) is 96.7 Å². The molecular formula is C32H31F5N2O5S. The molecule has 7 nitrogen and oxygen atoms in total. The molecule has 0 aliphatic rings. The summed E-state index contributed by atoms with van der Waals surface area (Å²) >= 11 is 0. The monoisotopic (exact) mass is 650 g/mol. The Morgan fingerprint density at radius 2 is 1.64 bits per heavy atom. The highest BCUT2D eigenvalue weighted by atomic mass is 32.2. The summed E-state index contributed by atoms with van der Waals surface area (Å²) in [7, 11) is -4.31. The molecule has 3 aromatic carbocycles. The van der Waals surface area contributed by atoms with E-state index in [-0.39, 0.29) is 56.9 Å².